The van der Waals surface area contributed by atoms with Crippen LogP contribution >= 0.6 is 0 Å². The molecule has 0 spiro atoms. The van der Waals surface area contributed by atoms with Gasteiger partial charge in [0.1, 0.15) is 18.3 Å². The predicted molar refractivity (Wildman–Crippen MR) is 63.9 cm³/mol. The molecule has 1 fully saturated rings. The van der Waals surface area contributed by atoms with Crippen LogP contribution in [0.25, 0.3) is 0 Å². The molecule has 0 saturated carbocycles. The first-order valence-corrected chi connectivity index (χ1v) is 5.86. The lowest BCUT2D eigenvalue weighted by Gasteiger charge is -2.46. The van der Waals surface area contributed by atoms with E-state index in [1.807, 2.05) is 36.1 Å². The number of benzene rings is 1. The summed E-state index contributed by atoms with van der Waals surface area (Å²) < 4.78 is 5.52. The lowest BCUT2D eigenvalue weighted by atomic mass is 9.90. The number of nitrogens with zero attached hydrogens (tertiary/aromatic N) is 1. The molecule has 90 valence electrons. The summed E-state index contributed by atoms with van der Waals surface area (Å²) in [6.45, 7) is 3.71. The van der Waals surface area contributed by atoms with E-state index < -0.39 is 0 Å². The lowest BCUT2D eigenvalue weighted by Crippen LogP contribution is -2.67. The van der Waals surface area contributed by atoms with E-state index >= 15 is 0 Å². The molecule has 2 N–H and O–H groups in total. The minimum Gasteiger partial charge on any atom is -0.492 e. The van der Waals surface area contributed by atoms with Gasteiger partial charge < -0.3 is 15.4 Å². The van der Waals surface area contributed by atoms with Gasteiger partial charge >= 0.3 is 0 Å². The number of rotatable bonds is 1. The van der Waals surface area contributed by atoms with Gasteiger partial charge in [-0.3, -0.25) is 4.79 Å². The highest BCUT2D eigenvalue weighted by Crippen LogP contribution is 2.35. The van der Waals surface area contributed by atoms with E-state index in [0.717, 1.165) is 11.3 Å². The molecule has 1 atom stereocenters. The maximum Gasteiger partial charge on any atom is 0.233 e. The highest BCUT2D eigenvalue weighted by Gasteiger charge is 2.42. The van der Waals surface area contributed by atoms with Gasteiger partial charge in [0.15, 0.2) is 0 Å². The van der Waals surface area contributed by atoms with Crippen LogP contribution < -0.4 is 10.5 Å². The van der Waals surface area contributed by atoms with Gasteiger partial charge in [0, 0.05) is 24.2 Å². The largest absolute Gasteiger partial charge is 0.492 e. The summed E-state index contributed by atoms with van der Waals surface area (Å²) in [4.78, 5) is 14.1. The highest BCUT2D eigenvalue weighted by molar-refractivity contribution is 5.86. The van der Waals surface area contributed by atoms with Crippen molar-refractivity contribution >= 4 is 5.91 Å². The molecule has 1 saturated heterocycles. The van der Waals surface area contributed by atoms with Gasteiger partial charge in [-0.1, -0.05) is 18.2 Å². The molecule has 17 heavy (non-hydrogen) atoms. The van der Waals surface area contributed by atoms with Crippen molar-refractivity contribution < 1.29 is 9.53 Å². The number of amides is 1. The third-order valence-electron chi connectivity index (χ3n) is 3.41. The SMILES string of the molecule is CC1(N)CN(C(=O)C2COc3ccccc32)C1. The third kappa shape index (κ3) is 1.69. The van der Waals surface area contributed by atoms with E-state index in [9.17, 15) is 4.79 Å². The second-order valence-electron chi connectivity index (χ2n) is 5.25. The fourth-order valence-electron chi connectivity index (χ4n) is 2.57. The summed E-state index contributed by atoms with van der Waals surface area (Å²) in [5.41, 5.74) is 6.71. The number of nitrogens with two attached hydrogens (primary N) is 1. The van der Waals surface area contributed by atoms with E-state index in [1.165, 1.54) is 0 Å². The number of fused-ring (bicyclic) bond motifs is 1. The molecule has 2 aliphatic heterocycles. The minimum absolute atomic E-state index is 0.137. The topological polar surface area (TPSA) is 55.6 Å². The summed E-state index contributed by atoms with van der Waals surface area (Å²) in [5, 5.41) is 0. The standard InChI is InChI=1S/C13H16N2O2/c1-13(14)7-15(8-13)12(16)10-6-17-11-5-3-2-4-9(10)11/h2-5,10H,6-8,14H2,1H3. The van der Waals surface area contributed by atoms with Gasteiger partial charge in [0.25, 0.3) is 0 Å². The Morgan fingerprint density at radius 2 is 2.18 bits per heavy atom. The predicted octanol–water partition coefficient (Wildman–Crippen LogP) is 0.722. The summed E-state index contributed by atoms with van der Waals surface area (Å²) in [6, 6.07) is 7.74. The molecule has 1 aromatic carbocycles. The molecule has 0 aromatic heterocycles. The number of carbonyl (C=O) groups is 1. The second-order valence-corrected chi connectivity index (χ2v) is 5.25. The number of hydrogen-bond acceptors (Lipinski definition) is 3. The first kappa shape index (κ1) is 10.6. The number of likely N-dealkylation sites (tertiary alicyclic amines) is 1. The Bertz CT molecular complexity index is 462. The van der Waals surface area contributed by atoms with Gasteiger partial charge in [-0.15, -0.1) is 0 Å². The number of hydrogen-bond donors (Lipinski definition) is 1. The van der Waals surface area contributed by atoms with Crippen LogP contribution in [0.4, 0.5) is 0 Å². The van der Waals surface area contributed by atoms with Crippen molar-refractivity contribution in [3.05, 3.63) is 29.8 Å². The molecule has 3 rings (SSSR count). The van der Waals surface area contributed by atoms with Gasteiger partial charge in [0.05, 0.1) is 0 Å². The molecule has 0 aliphatic carbocycles. The molecule has 1 aromatic rings. The van der Waals surface area contributed by atoms with Crippen LogP contribution in [0.5, 0.6) is 5.75 Å². The first-order valence-electron chi connectivity index (χ1n) is 5.86. The lowest BCUT2D eigenvalue weighted by molar-refractivity contribution is -0.140. The quantitative estimate of drug-likeness (QED) is 0.776. The maximum absolute atomic E-state index is 12.3. The van der Waals surface area contributed by atoms with Crippen molar-refractivity contribution in [3.63, 3.8) is 0 Å². The third-order valence-corrected chi connectivity index (χ3v) is 3.41. The van der Waals surface area contributed by atoms with Crippen molar-refractivity contribution in [2.24, 2.45) is 5.73 Å². The fourth-order valence-corrected chi connectivity index (χ4v) is 2.57. The van der Waals surface area contributed by atoms with Crippen molar-refractivity contribution in [2.75, 3.05) is 19.7 Å². The van der Waals surface area contributed by atoms with Crippen LogP contribution in [0.2, 0.25) is 0 Å². The van der Waals surface area contributed by atoms with Gasteiger partial charge in [0.2, 0.25) is 5.91 Å². The Morgan fingerprint density at radius 1 is 1.47 bits per heavy atom. The smallest absolute Gasteiger partial charge is 0.233 e. The van der Waals surface area contributed by atoms with Crippen molar-refractivity contribution in [1.82, 2.24) is 4.90 Å². The number of para-hydroxylation sites is 1. The van der Waals surface area contributed by atoms with E-state index in [1.54, 1.807) is 0 Å². The molecular formula is C13H16N2O2. The molecule has 4 heteroatoms. The van der Waals surface area contributed by atoms with Crippen LogP contribution in [-0.2, 0) is 4.79 Å². The van der Waals surface area contributed by atoms with Gasteiger partial charge in [-0.2, -0.15) is 0 Å². The highest BCUT2D eigenvalue weighted by atomic mass is 16.5. The van der Waals surface area contributed by atoms with Crippen molar-refractivity contribution in [2.45, 2.75) is 18.4 Å². The Kier molecular flexibility index (Phi) is 2.16. The Hall–Kier alpha value is -1.55. The monoisotopic (exact) mass is 232 g/mol. The normalized spacial score (nSPS) is 24.8. The Labute approximate surface area is 100 Å². The Balaban J connectivity index is 1.77. The molecule has 2 aliphatic rings. The Morgan fingerprint density at radius 3 is 2.88 bits per heavy atom. The molecule has 2 heterocycles. The number of ether oxygens (including phenoxy) is 1. The van der Waals surface area contributed by atoms with Crippen LogP contribution in [0.3, 0.4) is 0 Å². The van der Waals surface area contributed by atoms with Crippen molar-refractivity contribution in [1.29, 1.82) is 0 Å². The zero-order valence-electron chi connectivity index (χ0n) is 9.85. The van der Waals surface area contributed by atoms with Crippen LogP contribution in [0.1, 0.15) is 18.4 Å². The fraction of sp³-hybridized carbons (Fsp3) is 0.462. The molecule has 0 radical (unpaired) electrons. The summed E-state index contributed by atoms with van der Waals surface area (Å²) in [5.74, 6) is 0.821. The maximum atomic E-state index is 12.3. The average Bonchev–Trinajstić information content (AvgIpc) is 2.68. The van der Waals surface area contributed by atoms with Crippen LogP contribution in [0, 0.1) is 0 Å². The molecule has 1 amide bonds. The summed E-state index contributed by atoms with van der Waals surface area (Å²) in [7, 11) is 0. The van der Waals surface area contributed by atoms with Gasteiger partial charge in [-0.25, -0.2) is 0 Å². The van der Waals surface area contributed by atoms with E-state index in [0.29, 0.717) is 19.7 Å². The van der Waals surface area contributed by atoms with Gasteiger partial charge in [-0.05, 0) is 13.0 Å². The minimum atomic E-state index is -0.214. The van der Waals surface area contributed by atoms with E-state index in [-0.39, 0.29) is 17.4 Å². The zero-order chi connectivity index (χ0) is 12.0. The molecule has 1 unspecified atom stereocenters. The van der Waals surface area contributed by atoms with E-state index in [4.69, 9.17) is 10.5 Å². The van der Waals surface area contributed by atoms with Crippen molar-refractivity contribution in [3.8, 4) is 5.75 Å². The average molecular weight is 232 g/mol. The van der Waals surface area contributed by atoms with E-state index in [2.05, 4.69) is 0 Å². The zero-order valence-corrected chi connectivity index (χ0v) is 9.85. The second kappa shape index (κ2) is 3.47. The molecule has 0 bridgehead atoms. The molecule has 4 nitrogen and oxygen atoms in total. The molecular weight excluding hydrogens is 216 g/mol. The van der Waals surface area contributed by atoms with Crippen LogP contribution in [0.15, 0.2) is 24.3 Å². The summed E-state index contributed by atoms with van der Waals surface area (Å²) >= 11 is 0. The first-order chi connectivity index (χ1) is 8.07. The van der Waals surface area contributed by atoms with Crippen LogP contribution in [-0.4, -0.2) is 36.0 Å². The number of carbonyl (C=O) groups excluding carboxylic acids is 1. The summed E-state index contributed by atoms with van der Waals surface area (Å²) in [6.07, 6.45) is 0.